The van der Waals surface area contributed by atoms with Crippen molar-refractivity contribution >= 4 is 49.5 Å². The number of halogens is 3. The van der Waals surface area contributed by atoms with Crippen LogP contribution in [0.2, 0.25) is 0 Å². The Morgan fingerprint density at radius 1 is 1.05 bits per heavy atom. The molecule has 1 amide bonds. The van der Waals surface area contributed by atoms with E-state index in [2.05, 4.69) is 37.2 Å². The van der Waals surface area contributed by atoms with Crippen molar-refractivity contribution in [3.8, 4) is 0 Å². The smallest absolute Gasteiger partial charge is 0.248 e. The molecular weight excluding hydrogens is 389 g/mol. The fourth-order valence-corrected chi connectivity index (χ4v) is 2.17. The molecule has 2 aromatic rings. The highest BCUT2D eigenvalue weighted by molar-refractivity contribution is 9.10. The van der Waals surface area contributed by atoms with Gasteiger partial charge in [0.25, 0.3) is 0 Å². The highest BCUT2D eigenvalue weighted by Crippen LogP contribution is 2.17. The third-order valence-corrected chi connectivity index (χ3v) is 3.51. The number of benzene rings is 2. The molecule has 0 aliphatic rings. The summed E-state index contributed by atoms with van der Waals surface area (Å²) in [7, 11) is 0. The summed E-state index contributed by atoms with van der Waals surface area (Å²) in [5.41, 5.74) is 1.03. The van der Waals surface area contributed by atoms with Crippen LogP contribution in [0.3, 0.4) is 0 Å². The number of carbonyl (C=O) groups is 1. The van der Waals surface area contributed by atoms with Crippen LogP contribution in [0.25, 0.3) is 6.08 Å². The highest BCUT2D eigenvalue weighted by Gasteiger charge is 2.01. The Morgan fingerprint density at radius 2 is 1.70 bits per heavy atom. The van der Waals surface area contributed by atoms with Crippen molar-refractivity contribution in [3.63, 3.8) is 0 Å². The van der Waals surface area contributed by atoms with Gasteiger partial charge in [-0.15, -0.1) is 0 Å². The summed E-state index contributed by atoms with van der Waals surface area (Å²) in [4.78, 5) is 11.7. The molecule has 0 unspecified atom stereocenters. The first-order valence-electron chi connectivity index (χ1n) is 5.74. The average Bonchev–Trinajstić information content (AvgIpc) is 2.42. The van der Waals surface area contributed by atoms with Crippen molar-refractivity contribution < 1.29 is 9.18 Å². The van der Waals surface area contributed by atoms with Gasteiger partial charge >= 0.3 is 0 Å². The zero-order valence-electron chi connectivity index (χ0n) is 10.2. The summed E-state index contributed by atoms with van der Waals surface area (Å²) in [6.45, 7) is 0. The lowest BCUT2D eigenvalue weighted by Gasteiger charge is -2.02. The summed E-state index contributed by atoms with van der Waals surface area (Å²) in [6.07, 6.45) is 2.74. The zero-order valence-corrected chi connectivity index (χ0v) is 13.4. The molecule has 5 heteroatoms. The van der Waals surface area contributed by atoms with Gasteiger partial charge in [0, 0.05) is 26.3 Å². The highest BCUT2D eigenvalue weighted by atomic mass is 79.9. The number of hydrogen-bond donors (Lipinski definition) is 1. The maximum absolute atomic E-state index is 13.5. The Labute approximate surface area is 133 Å². The number of amides is 1. The van der Waals surface area contributed by atoms with Gasteiger partial charge in [0.2, 0.25) is 5.91 Å². The number of rotatable bonds is 3. The van der Waals surface area contributed by atoms with E-state index in [0.717, 1.165) is 8.95 Å². The van der Waals surface area contributed by atoms with Crippen molar-refractivity contribution in [3.05, 3.63) is 68.9 Å². The molecule has 2 rings (SSSR count). The summed E-state index contributed by atoms with van der Waals surface area (Å²) in [5, 5.41) is 2.69. The number of carbonyl (C=O) groups excluding carboxylic acids is 1. The fourth-order valence-electron chi connectivity index (χ4n) is 1.52. The van der Waals surface area contributed by atoms with E-state index < -0.39 is 0 Å². The molecule has 2 aromatic carbocycles. The van der Waals surface area contributed by atoms with Crippen LogP contribution in [0.1, 0.15) is 5.56 Å². The van der Waals surface area contributed by atoms with Crippen LogP contribution in [-0.2, 0) is 4.79 Å². The van der Waals surface area contributed by atoms with E-state index in [1.54, 1.807) is 24.3 Å². The van der Waals surface area contributed by atoms with Gasteiger partial charge in [0.05, 0.1) is 0 Å². The minimum atomic E-state index is -0.374. The predicted molar refractivity (Wildman–Crippen MR) is 85.9 cm³/mol. The van der Waals surface area contributed by atoms with Crippen LogP contribution < -0.4 is 5.32 Å². The third kappa shape index (κ3) is 4.28. The Bertz CT molecular complexity index is 653. The van der Waals surface area contributed by atoms with E-state index >= 15 is 0 Å². The summed E-state index contributed by atoms with van der Waals surface area (Å²) >= 11 is 6.57. The minimum absolute atomic E-state index is 0.313. The quantitative estimate of drug-likeness (QED) is 0.724. The van der Waals surface area contributed by atoms with Gasteiger partial charge in [-0.1, -0.05) is 31.9 Å². The standard InChI is InChI=1S/C15H10Br2FNO/c16-11-2-5-13(6-3-11)19-15(20)8-1-10-9-12(17)4-7-14(10)18/h1-9H,(H,19,20)/b8-1+. The maximum atomic E-state index is 13.5. The summed E-state index contributed by atoms with van der Waals surface area (Å²) < 4.78 is 15.2. The Morgan fingerprint density at radius 3 is 2.40 bits per heavy atom. The molecule has 0 saturated carbocycles. The van der Waals surface area contributed by atoms with E-state index in [-0.39, 0.29) is 11.7 Å². The number of nitrogens with one attached hydrogen (secondary N) is 1. The summed E-state index contributed by atoms with van der Waals surface area (Å²) in [5.74, 6) is -0.687. The van der Waals surface area contributed by atoms with Gasteiger partial charge in [0.15, 0.2) is 0 Å². The van der Waals surface area contributed by atoms with Crippen molar-refractivity contribution in [2.24, 2.45) is 0 Å². The molecule has 20 heavy (non-hydrogen) atoms. The SMILES string of the molecule is O=C(/C=C/c1cc(Br)ccc1F)Nc1ccc(Br)cc1. The predicted octanol–water partition coefficient (Wildman–Crippen LogP) is 5.00. The molecule has 102 valence electrons. The molecule has 0 aliphatic heterocycles. The second-order valence-corrected chi connectivity index (χ2v) is 5.83. The molecular formula is C15H10Br2FNO. The van der Waals surface area contributed by atoms with Crippen molar-refractivity contribution in [2.75, 3.05) is 5.32 Å². The Kier molecular flexibility index (Phi) is 5.09. The summed E-state index contributed by atoms with van der Waals surface area (Å²) in [6, 6.07) is 11.8. The molecule has 0 saturated heterocycles. The van der Waals surface area contributed by atoms with Crippen LogP contribution in [0.15, 0.2) is 57.5 Å². The Hall–Kier alpha value is -1.46. The van der Waals surface area contributed by atoms with Crippen molar-refractivity contribution in [1.29, 1.82) is 0 Å². The first-order valence-corrected chi connectivity index (χ1v) is 7.33. The second kappa shape index (κ2) is 6.81. The zero-order chi connectivity index (χ0) is 14.5. The van der Waals surface area contributed by atoms with Crippen LogP contribution >= 0.6 is 31.9 Å². The molecule has 1 N–H and O–H groups in total. The maximum Gasteiger partial charge on any atom is 0.248 e. The normalized spacial score (nSPS) is 10.8. The van der Waals surface area contributed by atoms with Gasteiger partial charge in [-0.3, -0.25) is 4.79 Å². The van der Waals surface area contributed by atoms with E-state index in [4.69, 9.17) is 0 Å². The van der Waals surface area contributed by atoms with Crippen LogP contribution in [0.5, 0.6) is 0 Å². The molecule has 0 atom stereocenters. The Balaban J connectivity index is 2.05. The molecule has 0 fully saturated rings. The van der Waals surface area contributed by atoms with Crippen LogP contribution in [0, 0.1) is 5.82 Å². The average molecular weight is 399 g/mol. The van der Waals surface area contributed by atoms with Crippen LogP contribution in [0.4, 0.5) is 10.1 Å². The number of anilines is 1. The van der Waals surface area contributed by atoms with Crippen molar-refractivity contribution in [1.82, 2.24) is 0 Å². The second-order valence-electron chi connectivity index (χ2n) is 4.00. The van der Waals surface area contributed by atoms with Gasteiger partial charge in [-0.2, -0.15) is 0 Å². The number of hydrogen-bond acceptors (Lipinski definition) is 1. The molecule has 0 bridgehead atoms. The minimum Gasteiger partial charge on any atom is -0.323 e. The first kappa shape index (κ1) is 14.9. The molecule has 0 spiro atoms. The van der Waals surface area contributed by atoms with E-state index in [9.17, 15) is 9.18 Å². The molecule has 0 heterocycles. The molecule has 0 radical (unpaired) electrons. The molecule has 0 aliphatic carbocycles. The van der Waals surface area contributed by atoms with E-state index in [1.165, 1.54) is 18.2 Å². The van der Waals surface area contributed by atoms with Crippen LogP contribution in [-0.4, -0.2) is 5.91 Å². The lowest BCUT2D eigenvalue weighted by molar-refractivity contribution is -0.111. The first-order chi connectivity index (χ1) is 9.54. The molecule has 2 nitrogen and oxygen atoms in total. The van der Waals surface area contributed by atoms with E-state index in [0.29, 0.717) is 11.3 Å². The monoisotopic (exact) mass is 397 g/mol. The fraction of sp³-hybridized carbons (Fsp3) is 0. The lowest BCUT2D eigenvalue weighted by atomic mass is 10.2. The van der Waals surface area contributed by atoms with Crippen molar-refractivity contribution in [2.45, 2.75) is 0 Å². The van der Waals surface area contributed by atoms with E-state index in [1.807, 2.05) is 12.1 Å². The topological polar surface area (TPSA) is 29.1 Å². The lowest BCUT2D eigenvalue weighted by Crippen LogP contribution is -2.07. The van der Waals surface area contributed by atoms with Gasteiger partial charge in [0.1, 0.15) is 5.82 Å². The van der Waals surface area contributed by atoms with Gasteiger partial charge in [-0.05, 0) is 48.5 Å². The van der Waals surface area contributed by atoms with Gasteiger partial charge in [-0.25, -0.2) is 4.39 Å². The van der Waals surface area contributed by atoms with Gasteiger partial charge < -0.3 is 5.32 Å². The largest absolute Gasteiger partial charge is 0.323 e. The molecule has 0 aromatic heterocycles. The third-order valence-electron chi connectivity index (χ3n) is 2.48.